The molecule has 0 unspecified atom stereocenters. The largest absolute Gasteiger partial charge is 0.273 e. The molecule has 0 heterocycles. The Bertz CT molecular complexity index is 271. The normalized spacial score (nSPS) is 8.79. The van der Waals surface area contributed by atoms with E-state index in [1.54, 1.807) is 6.92 Å². The van der Waals surface area contributed by atoms with Gasteiger partial charge in [0.25, 0.3) is 0 Å². The van der Waals surface area contributed by atoms with Gasteiger partial charge in [-0.15, -0.1) is 0 Å². The Morgan fingerprint density at radius 1 is 1.29 bits per heavy atom. The van der Waals surface area contributed by atoms with Gasteiger partial charge in [-0.25, -0.2) is 0 Å². The van der Waals surface area contributed by atoms with E-state index in [-0.39, 0.29) is 12.5 Å². The Labute approximate surface area is 81.9 Å². The summed E-state index contributed by atoms with van der Waals surface area (Å²) >= 11 is 0. The molecule has 7 nitrogen and oxygen atoms in total. The van der Waals surface area contributed by atoms with Gasteiger partial charge < -0.3 is 0 Å². The lowest BCUT2D eigenvalue weighted by Crippen LogP contribution is -2.45. The van der Waals surface area contributed by atoms with E-state index < -0.39 is 5.91 Å². The van der Waals surface area contributed by atoms with Gasteiger partial charge in [0.15, 0.2) is 0 Å². The molecule has 0 saturated heterocycles. The standard InChI is InChI=1S/C7H13N5O2/c1-4-6(13)11(2)12(3)7(14)5-9-10-8/h4-5H2,1-3H3. The predicted molar refractivity (Wildman–Crippen MR) is 49.8 cm³/mol. The lowest BCUT2D eigenvalue weighted by atomic mass is 10.4. The highest BCUT2D eigenvalue weighted by molar-refractivity contribution is 5.82. The van der Waals surface area contributed by atoms with Crippen LogP contribution in [0.5, 0.6) is 0 Å². The molecule has 0 aromatic carbocycles. The average Bonchev–Trinajstić information content (AvgIpc) is 2.22. The van der Waals surface area contributed by atoms with Crippen LogP contribution in [0.2, 0.25) is 0 Å². The Morgan fingerprint density at radius 3 is 2.21 bits per heavy atom. The van der Waals surface area contributed by atoms with E-state index in [4.69, 9.17) is 5.53 Å². The molecule has 78 valence electrons. The van der Waals surface area contributed by atoms with Crippen LogP contribution in [-0.4, -0.2) is 42.5 Å². The van der Waals surface area contributed by atoms with E-state index in [1.165, 1.54) is 19.1 Å². The van der Waals surface area contributed by atoms with E-state index in [0.29, 0.717) is 6.42 Å². The van der Waals surface area contributed by atoms with Gasteiger partial charge in [0.05, 0.1) is 0 Å². The molecule has 0 saturated carbocycles. The van der Waals surface area contributed by atoms with Gasteiger partial charge in [-0.05, 0) is 5.53 Å². The second-order valence-corrected chi connectivity index (χ2v) is 2.58. The maximum Gasteiger partial charge on any atom is 0.246 e. The second-order valence-electron chi connectivity index (χ2n) is 2.58. The van der Waals surface area contributed by atoms with Gasteiger partial charge in [0.1, 0.15) is 6.54 Å². The fourth-order valence-corrected chi connectivity index (χ4v) is 0.758. The fraction of sp³-hybridized carbons (Fsp3) is 0.714. The number of amides is 2. The van der Waals surface area contributed by atoms with Crippen molar-refractivity contribution in [1.82, 2.24) is 10.0 Å². The van der Waals surface area contributed by atoms with Crippen molar-refractivity contribution in [3.63, 3.8) is 0 Å². The monoisotopic (exact) mass is 199 g/mol. The lowest BCUT2D eigenvalue weighted by Gasteiger charge is -2.27. The van der Waals surface area contributed by atoms with Crippen LogP contribution in [0.15, 0.2) is 5.11 Å². The molecule has 14 heavy (non-hydrogen) atoms. The van der Waals surface area contributed by atoms with Crippen molar-refractivity contribution in [3.05, 3.63) is 10.4 Å². The van der Waals surface area contributed by atoms with Crippen LogP contribution >= 0.6 is 0 Å². The van der Waals surface area contributed by atoms with Crippen LogP contribution < -0.4 is 0 Å². The molecule has 0 aromatic rings. The summed E-state index contributed by atoms with van der Waals surface area (Å²) in [6.45, 7) is 1.42. The number of carbonyl (C=O) groups excluding carboxylic acids is 2. The molecule has 0 N–H and O–H groups in total. The molecule has 0 atom stereocenters. The van der Waals surface area contributed by atoms with E-state index in [0.717, 1.165) is 5.01 Å². The zero-order valence-corrected chi connectivity index (χ0v) is 8.47. The number of carbonyl (C=O) groups is 2. The van der Waals surface area contributed by atoms with Crippen LogP contribution in [0.1, 0.15) is 13.3 Å². The van der Waals surface area contributed by atoms with E-state index >= 15 is 0 Å². The van der Waals surface area contributed by atoms with Crippen LogP contribution in [0, 0.1) is 0 Å². The Kier molecular flexibility index (Phi) is 5.09. The molecule has 0 bridgehead atoms. The first-order valence-corrected chi connectivity index (χ1v) is 4.08. The fourth-order valence-electron chi connectivity index (χ4n) is 0.758. The van der Waals surface area contributed by atoms with Crippen LogP contribution in [-0.2, 0) is 9.59 Å². The van der Waals surface area contributed by atoms with Crippen molar-refractivity contribution in [3.8, 4) is 0 Å². The number of azide groups is 1. The number of hydrogen-bond acceptors (Lipinski definition) is 3. The number of likely N-dealkylation sites (N-methyl/N-ethyl adjacent to an activating group) is 1. The third kappa shape index (κ3) is 3.32. The van der Waals surface area contributed by atoms with Crippen molar-refractivity contribution < 1.29 is 9.59 Å². The summed E-state index contributed by atoms with van der Waals surface area (Å²) in [5, 5.41) is 5.43. The van der Waals surface area contributed by atoms with Gasteiger partial charge in [-0.1, -0.05) is 12.0 Å². The summed E-state index contributed by atoms with van der Waals surface area (Å²) in [4.78, 5) is 24.8. The van der Waals surface area contributed by atoms with Crippen LogP contribution in [0.3, 0.4) is 0 Å². The first kappa shape index (κ1) is 12.2. The quantitative estimate of drug-likeness (QED) is 0.287. The molecule has 0 aliphatic rings. The minimum Gasteiger partial charge on any atom is -0.273 e. The van der Waals surface area contributed by atoms with Gasteiger partial charge in [-0.2, -0.15) is 0 Å². The van der Waals surface area contributed by atoms with Gasteiger partial charge in [0.2, 0.25) is 11.8 Å². The summed E-state index contributed by atoms with van der Waals surface area (Å²) < 4.78 is 0. The van der Waals surface area contributed by atoms with Crippen LogP contribution in [0.25, 0.3) is 10.4 Å². The van der Waals surface area contributed by atoms with Gasteiger partial charge in [0, 0.05) is 25.4 Å². The molecule has 0 radical (unpaired) electrons. The highest BCUT2D eigenvalue weighted by atomic mass is 16.2. The number of nitrogens with zero attached hydrogens (tertiary/aromatic N) is 5. The Morgan fingerprint density at radius 2 is 1.79 bits per heavy atom. The molecule has 0 aromatic heterocycles. The SMILES string of the molecule is CCC(=O)N(C)N(C)C(=O)CN=[N+]=[N-]. The lowest BCUT2D eigenvalue weighted by molar-refractivity contribution is -0.156. The third-order valence-electron chi connectivity index (χ3n) is 1.74. The molecular weight excluding hydrogens is 186 g/mol. The van der Waals surface area contributed by atoms with E-state index in [9.17, 15) is 9.59 Å². The summed E-state index contributed by atoms with van der Waals surface area (Å²) in [7, 11) is 2.93. The van der Waals surface area contributed by atoms with Crippen molar-refractivity contribution in [2.75, 3.05) is 20.6 Å². The first-order chi connectivity index (χ1) is 6.54. The van der Waals surface area contributed by atoms with Crippen LogP contribution in [0.4, 0.5) is 0 Å². The maximum atomic E-state index is 11.2. The van der Waals surface area contributed by atoms with Gasteiger partial charge >= 0.3 is 0 Å². The molecule has 0 fully saturated rings. The van der Waals surface area contributed by atoms with Crippen molar-refractivity contribution in [2.45, 2.75) is 13.3 Å². The third-order valence-corrected chi connectivity index (χ3v) is 1.74. The molecule has 0 spiro atoms. The number of rotatable bonds is 3. The second kappa shape index (κ2) is 5.82. The summed E-state index contributed by atoms with van der Waals surface area (Å²) in [6.07, 6.45) is 0.315. The highest BCUT2D eigenvalue weighted by Gasteiger charge is 2.16. The maximum absolute atomic E-state index is 11.2. The van der Waals surface area contributed by atoms with E-state index in [1.807, 2.05) is 0 Å². The Balaban J connectivity index is 4.30. The zero-order chi connectivity index (χ0) is 11.1. The van der Waals surface area contributed by atoms with Gasteiger partial charge in [-0.3, -0.25) is 19.6 Å². The summed E-state index contributed by atoms with van der Waals surface area (Å²) in [5.41, 5.74) is 8.00. The topological polar surface area (TPSA) is 89.4 Å². The number of hydrazine groups is 1. The predicted octanol–water partition coefficient (Wildman–Crippen LogP) is 0.538. The molecule has 0 rings (SSSR count). The highest BCUT2D eigenvalue weighted by Crippen LogP contribution is 1.96. The molecule has 0 aliphatic heterocycles. The average molecular weight is 199 g/mol. The van der Waals surface area contributed by atoms with Crippen molar-refractivity contribution in [1.29, 1.82) is 0 Å². The molecule has 0 aliphatic carbocycles. The van der Waals surface area contributed by atoms with Crippen molar-refractivity contribution >= 4 is 11.8 Å². The smallest absolute Gasteiger partial charge is 0.246 e. The van der Waals surface area contributed by atoms with E-state index in [2.05, 4.69) is 10.0 Å². The molecule has 7 heteroatoms. The minimum atomic E-state index is -0.424. The Hall–Kier alpha value is -1.75. The first-order valence-electron chi connectivity index (χ1n) is 4.08. The summed E-state index contributed by atoms with van der Waals surface area (Å²) in [5.74, 6) is -0.603. The minimum absolute atomic E-state index is 0.179. The molecule has 2 amide bonds. The summed E-state index contributed by atoms with van der Waals surface area (Å²) in [6, 6.07) is 0. The molecular formula is C7H13N5O2. The number of hydrogen-bond donors (Lipinski definition) is 0. The zero-order valence-electron chi connectivity index (χ0n) is 8.47. The van der Waals surface area contributed by atoms with Crippen molar-refractivity contribution in [2.24, 2.45) is 5.11 Å².